The standard InChI is InChI=1S/C21H37N5.HI/c1-5-22-21(24-16-20-9-7-8-18(3)14-20)23-15-19(4)17-26-12-10-25(6-2)11-13-26;/h7-9,14,19H,5-6,10-13,15-17H2,1-4H3,(H2,22,23,24);1H. The molecule has 1 unspecified atom stereocenters. The SMILES string of the molecule is CCNC(=NCc1cccc(C)c1)NCC(C)CN1CCN(CC)CC1.I. The van der Waals surface area contributed by atoms with Gasteiger partial charge in [0.1, 0.15) is 0 Å². The summed E-state index contributed by atoms with van der Waals surface area (Å²) in [6.45, 7) is 18.5. The van der Waals surface area contributed by atoms with Crippen LogP contribution in [0.25, 0.3) is 0 Å². The van der Waals surface area contributed by atoms with Gasteiger partial charge in [-0.15, -0.1) is 24.0 Å². The van der Waals surface area contributed by atoms with Gasteiger partial charge in [-0.25, -0.2) is 4.99 Å². The summed E-state index contributed by atoms with van der Waals surface area (Å²) < 4.78 is 0. The Hall–Kier alpha value is -0.860. The second-order valence-electron chi connectivity index (χ2n) is 7.41. The van der Waals surface area contributed by atoms with Crippen LogP contribution >= 0.6 is 24.0 Å². The van der Waals surface area contributed by atoms with Crippen molar-refractivity contribution in [2.75, 3.05) is 52.4 Å². The molecule has 1 aromatic rings. The van der Waals surface area contributed by atoms with Crippen molar-refractivity contribution in [2.24, 2.45) is 10.9 Å². The number of benzene rings is 1. The average molecular weight is 487 g/mol. The zero-order valence-electron chi connectivity index (χ0n) is 17.5. The third-order valence-corrected chi connectivity index (χ3v) is 4.95. The minimum Gasteiger partial charge on any atom is -0.357 e. The summed E-state index contributed by atoms with van der Waals surface area (Å²) in [7, 11) is 0. The molecule has 0 bridgehead atoms. The van der Waals surface area contributed by atoms with Crippen molar-refractivity contribution >= 4 is 29.9 Å². The van der Waals surface area contributed by atoms with Crippen molar-refractivity contribution in [3.8, 4) is 0 Å². The zero-order valence-corrected chi connectivity index (χ0v) is 19.8. The lowest BCUT2D eigenvalue weighted by Crippen LogP contribution is -2.48. The maximum atomic E-state index is 4.74. The molecule has 0 radical (unpaired) electrons. The first-order valence-corrected chi connectivity index (χ1v) is 10.1. The van der Waals surface area contributed by atoms with Crippen LogP contribution in [-0.4, -0.2) is 68.1 Å². The Balaban J connectivity index is 0.00000364. The normalized spacial score (nSPS) is 17.3. The molecular weight excluding hydrogens is 449 g/mol. The number of halogens is 1. The fourth-order valence-corrected chi connectivity index (χ4v) is 3.39. The topological polar surface area (TPSA) is 42.9 Å². The van der Waals surface area contributed by atoms with Crippen LogP contribution in [-0.2, 0) is 6.54 Å². The monoisotopic (exact) mass is 487 g/mol. The fourth-order valence-electron chi connectivity index (χ4n) is 3.39. The summed E-state index contributed by atoms with van der Waals surface area (Å²) in [5.74, 6) is 1.52. The van der Waals surface area contributed by atoms with Gasteiger partial charge in [0.2, 0.25) is 0 Å². The van der Waals surface area contributed by atoms with Crippen molar-refractivity contribution in [3.63, 3.8) is 0 Å². The van der Waals surface area contributed by atoms with E-state index in [1.807, 2.05) is 0 Å². The van der Waals surface area contributed by atoms with Crippen LogP contribution < -0.4 is 10.6 Å². The van der Waals surface area contributed by atoms with E-state index in [0.717, 1.165) is 25.6 Å². The molecule has 1 aliphatic rings. The Kier molecular flexibility index (Phi) is 11.9. The first-order chi connectivity index (χ1) is 12.6. The number of rotatable bonds is 8. The molecular formula is C21H38IN5. The summed E-state index contributed by atoms with van der Waals surface area (Å²) in [5.41, 5.74) is 2.54. The second kappa shape index (κ2) is 13.3. The molecule has 0 saturated carbocycles. The highest BCUT2D eigenvalue weighted by atomic mass is 127. The Morgan fingerprint density at radius 2 is 1.81 bits per heavy atom. The summed E-state index contributed by atoms with van der Waals surface area (Å²) >= 11 is 0. The third kappa shape index (κ3) is 9.25. The molecule has 1 atom stereocenters. The number of nitrogens with zero attached hydrogens (tertiary/aromatic N) is 3. The highest BCUT2D eigenvalue weighted by molar-refractivity contribution is 14.0. The highest BCUT2D eigenvalue weighted by Gasteiger charge is 2.17. The van der Waals surface area contributed by atoms with E-state index in [4.69, 9.17) is 4.99 Å². The Morgan fingerprint density at radius 3 is 2.44 bits per heavy atom. The van der Waals surface area contributed by atoms with Crippen molar-refractivity contribution < 1.29 is 0 Å². The van der Waals surface area contributed by atoms with E-state index in [1.165, 1.54) is 43.9 Å². The molecule has 2 N–H and O–H groups in total. The summed E-state index contributed by atoms with van der Waals surface area (Å²) in [6.07, 6.45) is 0. The van der Waals surface area contributed by atoms with Crippen LogP contribution in [0.1, 0.15) is 31.9 Å². The quantitative estimate of drug-likeness (QED) is 0.336. The molecule has 0 amide bonds. The molecule has 0 aromatic heterocycles. The number of aryl methyl sites for hydroxylation is 1. The minimum atomic E-state index is 0. The summed E-state index contributed by atoms with van der Waals surface area (Å²) in [4.78, 5) is 9.86. The molecule has 27 heavy (non-hydrogen) atoms. The number of nitrogens with one attached hydrogen (secondary N) is 2. The van der Waals surface area contributed by atoms with Gasteiger partial charge in [0.25, 0.3) is 0 Å². The molecule has 154 valence electrons. The number of piperazine rings is 1. The molecule has 0 spiro atoms. The molecule has 6 heteroatoms. The van der Waals surface area contributed by atoms with Crippen LogP contribution in [0.5, 0.6) is 0 Å². The molecule has 0 aliphatic carbocycles. The predicted octanol–water partition coefficient (Wildman–Crippen LogP) is 2.94. The molecule has 1 fully saturated rings. The van der Waals surface area contributed by atoms with E-state index in [2.05, 4.69) is 72.4 Å². The second-order valence-corrected chi connectivity index (χ2v) is 7.41. The van der Waals surface area contributed by atoms with Gasteiger partial charge in [-0.2, -0.15) is 0 Å². The van der Waals surface area contributed by atoms with Crippen molar-refractivity contribution in [2.45, 2.75) is 34.2 Å². The minimum absolute atomic E-state index is 0. The highest BCUT2D eigenvalue weighted by Crippen LogP contribution is 2.06. The molecule has 1 aliphatic heterocycles. The van der Waals surface area contributed by atoms with Gasteiger partial charge in [-0.1, -0.05) is 43.7 Å². The summed E-state index contributed by atoms with van der Waals surface area (Å²) in [5, 5.41) is 6.88. The van der Waals surface area contributed by atoms with Crippen LogP contribution in [0.4, 0.5) is 0 Å². The van der Waals surface area contributed by atoms with E-state index in [0.29, 0.717) is 12.5 Å². The molecule has 1 heterocycles. The number of guanidine groups is 1. The number of hydrogen-bond donors (Lipinski definition) is 2. The maximum absolute atomic E-state index is 4.74. The van der Waals surface area contributed by atoms with Crippen LogP contribution in [0.2, 0.25) is 0 Å². The lowest BCUT2D eigenvalue weighted by molar-refractivity contribution is 0.124. The number of hydrogen-bond acceptors (Lipinski definition) is 3. The number of aliphatic imine (C=N–C) groups is 1. The van der Waals surface area contributed by atoms with Crippen LogP contribution in [0, 0.1) is 12.8 Å². The lowest BCUT2D eigenvalue weighted by Gasteiger charge is -2.35. The van der Waals surface area contributed by atoms with Gasteiger partial charge >= 0.3 is 0 Å². The zero-order chi connectivity index (χ0) is 18.8. The molecule has 2 rings (SSSR count). The van der Waals surface area contributed by atoms with E-state index in [-0.39, 0.29) is 24.0 Å². The van der Waals surface area contributed by atoms with E-state index in [1.54, 1.807) is 0 Å². The molecule has 5 nitrogen and oxygen atoms in total. The Labute approximate surface area is 183 Å². The van der Waals surface area contributed by atoms with E-state index < -0.39 is 0 Å². The van der Waals surface area contributed by atoms with Crippen LogP contribution in [0.3, 0.4) is 0 Å². The maximum Gasteiger partial charge on any atom is 0.191 e. The van der Waals surface area contributed by atoms with Crippen LogP contribution in [0.15, 0.2) is 29.3 Å². The lowest BCUT2D eigenvalue weighted by atomic mass is 10.1. The van der Waals surface area contributed by atoms with E-state index >= 15 is 0 Å². The third-order valence-electron chi connectivity index (χ3n) is 4.95. The molecule has 1 aromatic carbocycles. The predicted molar refractivity (Wildman–Crippen MR) is 127 cm³/mol. The first kappa shape index (κ1) is 24.2. The Morgan fingerprint density at radius 1 is 1.11 bits per heavy atom. The van der Waals surface area contributed by atoms with Gasteiger partial charge < -0.3 is 20.4 Å². The summed E-state index contributed by atoms with van der Waals surface area (Å²) in [6, 6.07) is 8.56. The smallest absolute Gasteiger partial charge is 0.191 e. The van der Waals surface area contributed by atoms with E-state index in [9.17, 15) is 0 Å². The largest absolute Gasteiger partial charge is 0.357 e. The average Bonchev–Trinajstić information content (AvgIpc) is 2.65. The van der Waals surface area contributed by atoms with Gasteiger partial charge in [0.15, 0.2) is 5.96 Å². The van der Waals surface area contributed by atoms with Gasteiger partial charge in [0, 0.05) is 45.8 Å². The van der Waals surface area contributed by atoms with Gasteiger partial charge in [-0.3, -0.25) is 0 Å². The van der Waals surface area contributed by atoms with Crippen molar-refractivity contribution in [1.29, 1.82) is 0 Å². The van der Waals surface area contributed by atoms with Gasteiger partial charge in [0.05, 0.1) is 6.54 Å². The number of likely N-dealkylation sites (N-methyl/N-ethyl adjacent to an activating group) is 1. The molecule has 1 saturated heterocycles. The van der Waals surface area contributed by atoms with Crippen molar-refractivity contribution in [1.82, 2.24) is 20.4 Å². The van der Waals surface area contributed by atoms with Gasteiger partial charge in [-0.05, 0) is 31.9 Å². The van der Waals surface area contributed by atoms with Crippen molar-refractivity contribution in [3.05, 3.63) is 35.4 Å². The Bertz CT molecular complexity index is 555. The fraction of sp³-hybridized carbons (Fsp3) is 0.667. The first-order valence-electron chi connectivity index (χ1n) is 10.1.